The third-order valence-corrected chi connectivity index (χ3v) is 4.51. The predicted octanol–water partition coefficient (Wildman–Crippen LogP) is 2.55. The highest BCUT2D eigenvalue weighted by atomic mass is 32.1. The van der Waals surface area contributed by atoms with E-state index in [9.17, 15) is 4.79 Å². The van der Waals surface area contributed by atoms with Crippen LogP contribution in [0.4, 0.5) is 0 Å². The number of hydrogen-bond donors (Lipinski definition) is 1. The van der Waals surface area contributed by atoms with Crippen LogP contribution in [0.5, 0.6) is 0 Å². The Balaban J connectivity index is 1.85. The molecular weight excluding hydrogens is 284 g/mol. The van der Waals surface area contributed by atoms with E-state index < -0.39 is 0 Å². The summed E-state index contributed by atoms with van der Waals surface area (Å²) < 4.78 is 1.78. The first-order valence-corrected chi connectivity index (χ1v) is 8.12. The molecule has 0 fully saturated rings. The molecule has 114 valence electrons. The first kappa shape index (κ1) is 15.7. The van der Waals surface area contributed by atoms with E-state index in [0.717, 1.165) is 28.4 Å². The minimum Gasteiger partial charge on any atom is -0.351 e. The van der Waals surface area contributed by atoms with Crippen molar-refractivity contribution in [2.75, 3.05) is 0 Å². The van der Waals surface area contributed by atoms with Crippen molar-refractivity contribution in [1.29, 1.82) is 0 Å². The lowest BCUT2D eigenvalue weighted by Gasteiger charge is -2.11. The van der Waals surface area contributed by atoms with Crippen LogP contribution < -0.4 is 5.32 Å². The van der Waals surface area contributed by atoms with Crippen LogP contribution in [0.15, 0.2) is 18.5 Å². The molecule has 0 saturated carbocycles. The Kier molecular flexibility index (Phi) is 5.50. The van der Waals surface area contributed by atoms with Crippen LogP contribution in [-0.2, 0) is 24.3 Å². The summed E-state index contributed by atoms with van der Waals surface area (Å²) in [6.07, 6.45) is 5.70. The number of nitrogens with one attached hydrogen (secondary N) is 1. The maximum Gasteiger partial charge on any atom is 0.224 e. The first-order chi connectivity index (χ1) is 10.1. The molecule has 0 spiro atoms. The molecule has 0 radical (unpaired) electrons. The number of aromatic nitrogens is 3. The van der Waals surface area contributed by atoms with E-state index in [1.165, 1.54) is 0 Å². The van der Waals surface area contributed by atoms with Crippen molar-refractivity contribution < 1.29 is 4.79 Å². The van der Waals surface area contributed by atoms with E-state index in [1.807, 2.05) is 26.1 Å². The van der Waals surface area contributed by atoms with Gasteiger partial charge >= 0.3 is 0 Å². The zero-order chi connectivity index (χ0) is 15.2. The summed E-state index contributed by atoms with van der Waals surface area (Å²) in [4.78, 5) is 17.8. The Morgan fingerprint density at radius 3 is 3.00 bits per heavy atom. The van der Waals surface area contributed by atoms with E-state index in [0.29, 0.717) is 13.1 Å². The SMILES string of the molecule is CCCc1nc(C)c(CNC(=O)[C@@H](C)Cn2cccn2)s1. The van der Waals surface area contributed by atoms with Crippen molar-refractivity contribution in [1.82, 2.24) is 20.1 Å². The van der Waals surface area contributed by atoms with E-state index >= 15 is 0 Å². The zero-order valence-electron chi connectivity index (χ0n) is 12.8. The molecule has 0 aliphatic carbocycles. The van der Waals surface area contributed by atoms with Gasteiger partial charge in [0.1, 0.15) is 0 Å². The van der Waals surface area contributed by atoms with Crippen molar-refractivity contribution in [2.24, 2.45) is 5.92 Å². The largest absolute Gasteiger partial charge is 0.351 e. The van der Waals surface area contributed by atoms with Gasteiger partial charge < -0.3 is 5.32 Å². The number of carbonyl (C=O) groups is 1. The van der Waals surface area contributed by atoms with Crippen molar-refractivity contribution in [2.45, 2.75) is 46.7 Å². The predicted molar refractivity (Wildman–Crippen MR) is 84.1 cm³/mol. The van der Waals surface area contributed by atoms with Gasteiger partial charge in [0.25, 0.3) is 0 Å². The fourth-order valence-electron chi connectivity index (χ4n) is 2.09. The number of carbonyl (C=O) groups excluding carboxylic acids is 1. The topological polar surface area (TPSA) is 59.8 Å². The van der Waals surface area contributed by atoms with Gasteiger partial charge in [0.2, 0.25) is 5.91 Å². The summed E-state index contributed by atoms with van der Waals surface area (Å²) in [6, 6.07) is 1.86. The van der Waals surface area contributed by atoms with Gasteiger partial charge in [0.05, 0.1) is 29.7 Å². The monoisotopic (exact) mass is 306 g/mol. The van der Waals surface area contributed by atoms with Crippen LogP contribution >= 0.6 is 11.3 Å². The number of amides is 1. The van der Waals surface area contributed by atoms with Gasteiger partial charge in [0, 0.05) is 17.3 Å². The summed E-state index contributed by atoms with van der Waals surface area (Å²) in [6.45, 7) is 7.23. The van der Waals surface area contributed by atoms with E-state index in [-0.39, 0.29) is 11.8 Å². The highest BCUT2D eigenvalue weighted by Crippen LogP contribution is 2.19. The summed E-state index contributed by atoms with van der Waals surface area (Å²) in [5, 5.41) is 8.28. The Morgan fingerprint density at radius 2 is 2.33 bits per heavy atom. The molecule has 1 atom stereocenters. The molecule has 21 heavy (non-hydrogen) atoms. The fraction of sp³-hybridized carbons (Fsp3) is 0.533. The van der Waals surface area contributed by atoms with Gasteiger partial charge in [0.15, 0.2) is 0 Å². The van der Waals surface area contributed by atoms with Gasteiger partial charge in [-0.05, 0) is 25.8 Å². The second kappa shape index (κ2) is 7.36. The second-order valence-corrected chi connectivity index (χ2v) is 6.38. The molecule has 1 N–H and O–H groups in total. The number of nitrogens with zero attached hydrogens (tertiary/aromatic N) is 3. The van der Waals surface area contributed by atoms with Crippen molar-refractivity contribution in [3.8, 4) is 0 Å². The lowest BCUT2D eigenvalue weighted by Crippen LogP contribution is -2.31. The zero-order valence-corrected chi connectivity index (χ0v) is 13.6. The molecule has 0 unspecified atom stereocenters. The van der Waals surface area contributed by atoms with Crippen molar-refractivity contribution in [3.05, 3.63) is 34.0 Å². The summed E-state index contributed by atoms with van der Waals surface area (Å²) in [5.41, 5.74) is 1.03. The Bertz CT molecular complexity index is 577. The minimum atomic E-state index is -0.103. The van der Waals surface area contributed by atoms with Gasteiger partial charge in [-0.3, -0.25) is 9.48 Å². The smallest absolute Gasteiger partial charge is 0.224 e. The van der Waals surface area contributed by atoms with Crippen LogP contribution in [0, 0.1) is 12.8 Å². The summed E-state index contributed by atoms with van der Waals surface area (Å²) in [5.74, 6) is -0.0522. The van der Waals surface area contributed by atoms with Crippen LogP contribution in [-0.4, -0.2) is 20.7 Å². The van der Waals surface area contributed by atoms with Gasteiger partial charge in [-0.15, -0.1) is 11.3 Å². The molecule has 6 heteroatoms. The number of aryl methyl sites for hydroxylation is 2. The van der Waals surface area contributed by atoms with Crippen LogP contribution in [0.2, 0.25) is 0 Å². The van der Waals surface area contributed by atoms with Crippen molar-refractivity contribution >= 4 is 17.2 Å². The van der Waals surface area contributed by atoms with E-state index in [2.05, 4.69) is 22.3 Å². The fourth-order valence-corrected chi connectivity index (χ4v) is 3.20. The maximum atomic E-state index is 12.1. The average molecular weight is 306 g/mol. The molecule has 0 bridgehead atoms. The highest BCUT2D eigenvalue weighted by molar-refractivity contribution is 7.11. The third-order valence-electron chi connectivity index (χ3n) is 3.29. The molecule has 2 aromatic heterocycles. The third kappa shape index (κ3) is 4.39. The molecular formula is C15H22N4OS. The molecule has 2 rings (SSSR count). The molecule has 0 aliphatic rings. The van der Waals surface area contributed by atoms with Gasteiger partial charge in [-0.1, -0.05) is 13.8 Å². The first-order valence-electron chi connectivity index (χ1n) is 7.30. The molecule has 2 aromatic rings. The molecule has 0 saturated heterocycles. The lowest BCUT2D eigenvalue weighted by molar-refractivity contribution is -0.125. The van der Waals surface area contributed by atoms with Gasteiger partial charge in [-0.25, -0.2) is 4.98 Å². The number of thiazole rings is 1. The quantitative estimate of drug-likeness (QED) is 0.855. The highest BCUT2D eigenvalue weighted by Gasteiger charge is 2.15. The van der Waals surface area contributed by atoms with E-state index in [4.69, 9.17) is 0 Å². The van der Waals surface area contributed by atoms with Crippen LogP contribution in [0.3, 0.4) is 0 Å². The standard InChI is InChI=1S/C15H22N4OS/c1-4-6-14-18-12(3)13(21-14)9-16-15(20)11(2)10-19-8-5-7-17-19/h5,7-8,11H,4,6,9-10H2,1-3H3,(H,16,20)/t11-/m0/s1. The Labute approximate surface area is 129 Å². The maximum absolute atomic E-state index is 12.1. The molecule has 5 nitrogen and oxygen atoms in total. The number of hydrogen-bond acceptors (Lipinski definition) is 4. The molecule has 1 amide bonds. The average Bonchev–Trinajstić information content (AvgIpc) is 3.06. The van der Waals surface area contributed by atoms with Crippen LogP contribution in [0.25, 0.3) is 0 Å². The minimum absolute atomic E-state index is 0.0512. The Morgan fingerprint density at radius 1 is 1.52 bits per heavy atom. The molecule has 2 heterocycles. The molecule has 0 aliphatic heterocycles. The normalized spacial score (nSPS) is 12.3. The molecule has 0 aromatic carbocycles. The summed E-state index contributed by atoms with van der Waals surface area (Å²) >= 11 is 1.70. The number of rotatable bonds is 7. The van der Waals surface area contributed by atoms with Crippen LogP contribution in [0.1, 0.15) is 35.8 Å². The summed E-state index contributed by atoms with van der Waals surface area (Å²) in [7, 11) is 0. The van der Waals surface area contributed by atoms with Gasteiger partial charge in [-0.2, -0.15) is 5.10 Å². The van der Waals surface area contributed by atoms with E-state index in [1.54, 1.807) is 22.2 Å². The van der Waals surface area contributed by atoms with Crippen molar-refractivity contribution in [3.63, 3.8) is 0 Å². The second-order valence-electron chi connectivity index (χ2n) is 5.21. The Hall–Kier alpha value is -1.69. The lowest BCUT2D eigenvalue weighted by atomic mass is 10.1.